The summed E-state index contributed by atoms with van der Waals surface area (Å²) in [6.45, 7) is 0.0607. The summed E-state index contributed by atoms with van der Waals surface area (Å²) in [6, 6.07) is 10.8. The molecule has 1 fully saturated rings. The predicted molar refractivity (Wildman–Crippen MR) is 152 cm³/mol. The van der Waals surface area contributed by atoms with Crippen LogP contribution in [0.5, 0.6) is 0 Å². The van der Waals surface area contributed by atoms with Gasteiger partial charge in [0.25, 0.3) is 5.56 Å². The highest BCUT2D eigenvalue weighted by Crippen LogP contribution is 2.48. The van der Waals surface area contributed by atoms with Crippen LogP contribution in [0.3, 0.4) is 0 Å². The number of rotatable bonds is 7. The Bertz CT molecular complexity index is 1730. The van der Waals surface area contributed by atoms with Crippen molar-refractivity contribution in [1.29, 1.82) is 0 Å². The van der Waals surface area contributed by atoms with Crippen molar-refractivity contribution in [1.82, 2.24) is 19.4 Å². The molecule has 3 N–H and O–H groups in total. The highest BCUT2D eigenvalue weighted by atomic mass is 32.1. The van der Waals surface area contributed by atoms with E-state index in [1.54, 1.807) is 41.2 Å². The number of thiazole rings is 1. The fourth-order valence-corrected chi connectivity index (χ4v) is 6.76. The van der Waals surface area contributed by atoms with Gasteiger partial charge >= 0.3 is 11.9 Å². The number of aromatic nitrogens is 3. The molecule has 0 saturated carbocycles. The molecule has 2 aliphatic heterocycles. The molecular weight excluding hydrogens is 586 g/mol. The maximum Gasteiger partial charge on any atom is 0.416 e. The Hall–Kier alpha value is -3.65. The summed E-state index contributed by atoms with van der Waals surface area (Å²) in [5.74, 6) is -1.11. The Balaban J connectivity index is 1.59. The quantitative estimate of drug-likeness (QED) is 0.301. The largest absolute Gasteiger partial charge is 0.416 e. The monoisotopic (exact) mass is 615 g/mol. The van der Waals surface area contributed by atoms with Crippen LogP contribution in [0, 0.1) is 5.82 Å². The second-order valence-corrected chi connectivity index (χ2v) is 11.6. The molecule has 0 radical (unpaired) electrons. The number of ether oxygens (including phenoxy) is 1. The summed E-state index contributed by atoms with van der Waals surface area (Å²) in [5, 5.41) is 5.05. The average molecular weight is 616 g/mol. The van der Waals surface area contributed by atoms with E-state index in [1.165, 1.54) is 11.3 Å². The molecule has 226 valence electrons. The zero-order chi connectivity index (χ0) is 30.4. The highest BCUT2D eigenvalue weighted by molar-refractivity contribution is 7.07. The van der Waals surface area contributed by atoms with Crippen LogP contribution >= 0.6 is 11.3 Å². The topological polar surface area (TPSA) is 104 Å². The van der Waals surface area contributed by atoms with Crippen molar-refractivity contribution in [2.24, 2.45) is 5.73 Å². The Morgan fingerprint density at radius 3 is 2.51 bits per heavy atom. The van der Waals surface area contributed by atoms with Crippen molar-refractivity contribution in [2.75, 3.05) is 13.1 Å². The van der Waals surface area contributed by atoms with Gasteiger partial charge in [-0.05, 0) is 43.6 Å². The molecule has 0 aliphatic carbocycles. The number of halogens is 4. The molecule has 8 nitrogen and oxygen atoms in total. The number of fused-ring (bicyclic) bond motifs is 2. The maximum atomic E-state index is 15.2. The van der Waals surface area contributed by atoms with Crippen molar-refractivity contribution in [3.63, 3.8) is 0 Å². The van der Waals surface area contributed by atoms with E-state index in [9.17, 15) is 22.8 Å². The average Bonchev–Trinajstić information content (AvgIpc) is 3.60. The fourth-order valence-electron chi connectivity index (χ4n) is 6.19. The molecule has 6 rings (SSSR count). The zero-order valence-electron chi connectivity index (χ0n) is 22.9. The van der Waals surface area contributed by atoms with Gasteiger partial charge in [-0.1, -0.05) is 36.4 Å². The lowest BCUT2D eigenvalue weighted by Crippen LogP contribution is -2.49. The van der Waals surface area contributed by atoms with Crippen molar-refractivity contribution >= 4 is 11.3 Å². The van der Waals surface area contributed by atoms with E-state index in [0.717, 1.165) is 27.3 Å². The van der Waals surface area contributed by atoms with E-state index in [4.69, 9.17) is 10.5 Å². The fraction of sp³-hybridized carbons (Fsp3) is 0.367. The molecule has 13 heteroatoms. The summed E-state index contributed by atoms with van der Waals surface area (Å²) < 4.78 is 66.0. The Morgan fingerprint density at radius 1 is 1.09 bits per heavy atom. The standard InChI is InChI=1S/C30H29F4N5O3S/c31-22-8-4-7-21(30(32,33)34)20(22)14-38-26-24(13-19-16-43-17-37-19)42-29(9-11-36-12-10-29)25(26)27(40)39(28(38)41)15-23(35)18-5-2-1-3-6-18/h1-8,16-17,23-24,36H,9-15,35H2/t23-,24+/m0/s1. The molecular formula is C30H29F4N5O3S. The Kier molecular flexibility index (Phi) is 7.84. The first-order valence-electron chi connectivity index (χ1n) is 13.9. The van der Waals surface area contributed by atoms with Crippen molar-refractivity contribution in [3.05, 3.63) is 120 Å². The van der Waals surface area contributed by atoms with Gasteiger partial charge in [0.05, 0.1) is 41.1 Å². The molecule has 2 atom stereocenters. The van der Waals surface area contributed by atoms with Gasteiger partial charge in [-0.15, -0.1) is 11.3 Å². The summed E-state index contributed by atoms with van der Waals surface area (Å²) in [5.41, 5.74) is 5.28. The van der Waals surface area contributed by atoms with Crippen LogP contribution in [0.2, 0.25) is 0 Å². The SMILES string of the molecule is N[C@@H](Cn1c(=O)c2c(n(Cc3c(F)cccc3C(F)(F)F)c1=O)[C@@H](Cc1cscn1)OC21CCNCC1)c1ccccc1. The lowest BCUT2D eigenvalue weighted by molar-refractivity contribution is -0.138. The molecule has 2 aromatic heterocycles. The second kappa shape index (κ2) is 11.5. The molecule has 0 bridgehead atoms. The minimum atomic E-state index is -4.87. The summed E-state index contributed by atoms with van der Waals surface area (Å²) in [4.78, 5) is 32.8. The van der Waals surface area contributed by atoms with Gasteiger partial charge in [-0.2, -0.15) is 13.2 Å². The minimum Gasteiger partial charge on any atom is -0.360 e. The van der Waals surface area contributed by atoms with Crippen molar-refractivity contribution < 1.29 is 22.3 Å². The number of nitrogens with one attached hydrogen (secondary N) is 1. The third-order valence-electron chi connectivity index (χ3n) is 8.23. The van der Waals surface area contributed by atoms with E-state index in [1.807, 2.05) is 0 Å². The van der Waals surface area contributed by atoms with E-state index in [-0.39, 0.29) is 24.2 Å². The maximum absolute atomic E-state index is 15.2. The molecule has 43 heavy (non-hydrogen) atoms. The lowest BCUT2D eigenvalue weighted by atomic mass is 9.85. The number of piperidine rings is 1. The van der Waals surface area contributed by atoms with Crippen LogP contribution < -0.4 is 22.3 Å². The summed E-state index contributed by atoms with van der Waals surface area (Å²) in [6.07, 6.45) is -4.75. The van der Waals surface area contributed by atoms with Crippen LogP contribution in [0.4, 0.5) is 17.6 Å². The first kappa shape index (κ1) is 29.4. The van der Waals surface area contributed by atoms with Gasteiger partial charge in [0.1, 0.15) is 17.5 Å². The third kappa shape index (κ3) is 5.46. The first-order chi connectivity index (χ1) is 20.6. The highest BCUT2D eigenvalue weighted by Gasteiger charge is 2.50. The van der Waals surface area contributed by atoms with Gasteiger partial charge in [0.2, 0.25) is 0 Å². The number of nitrogens with zero attached hydrogens (tertiary/aromatic N) is 3. The van der Waals surface area contributed by atoms with Crippen LogP contribution in [-0.4, -0.2) is 27.2 Å². The van der Waals surface area contributed by atoms with Crippen LogP contribution in [-0.2, 0) is 36.0 Å². The summed E-state index contributed by atoms with van der Waals surface area (Å²) >= 11 is 1.36. The number of hydrogen-bond donors (Lipinski definition) is 2. The minimum absolute atomic E-state index is 0.158. The number of benzene rings is 2. The predicted octanol–water partition coefficient (Wildman–Crippen LogP) is 4.27. The zero-order valence-corrected chi connectivity index (χ0v) is 23.8. The Morgan fingerprint density at radius 2 is 1.84 bits per heavy atom. The molecule has 1 saturated heterocycles. The molecule has 2 aliphatic rings. The third-order valence-corrected chi connectivity index (χ3v) is 8.87. The normalized spacial score (nSPS) is 18.6. The summed E-state index contributed by atoms with van der Waals surface area (Å²) in [7, 11) is 0. The molecule has 0 amide bonds. The van der Waals surface area contributed by atoms with Gasteiger partial charge in [0, 0.05) is 23.4 Å². The van der Waals surface area contributed by atoms with Gasteiger partial charge in [0.15, 0.2) is 0 Å². The van der Waals surface area contributed by atoms with Crippen LogP contribution in [0.15, 0.2) is 69.0 Å². The van der Waals surface area contributed by atoms with Crippen LogP contribution in [0.1, 0.15) is 58.6 Å². The second-order valence-electron chi connectivity index (χ2n) is 10.9. The van der Waals surface area contributed by atoms with Crippen molar-refractivity contribution in [3.8, 4) is 0 Å². The molecule has 4 heterocycles. The smallest absolute Gasteiger partial charge is 0.360 e. The van der Waals surface area contributed by atoms with Gasteiger partial charge in [-0.25, -0.2) is 14.2 Å². The number of nitrogens with two attached hydrogens (primary N) is 1. The molecule has 0 unspecified atom stereocenters. The molecule has 1 spiro atoms. The van der Waals surface area contributed by atoms with Crippen molar-refractivity contribution in [2.45, 2.75) is 56.3 Å². The van der Waals surface area contributed by atoms with E-state index in [0.29, 0.717) is 37.2 Å². The van der Waals surface area contributed by atoms with Gasteiger partial charge < -0.3 is 15.8 Å². The molecule has 4 aromatic rings. The van der Waals surface area contributed by atoms with Crippen LogP contribution in [0.25, 0.3) is 0 Å². The number of alkyl halides is 3. The lowest BCUT2D eigenvalue weighted by Gasteiger charge is -2.34. The van der Waals surface area contributed by atoms with Gasteiger partial charge in [-0.3, -0.25) is 13.9 Å². The number of hydrogen-bond acceptors (Lipinski definition) is 7. The molecule has 2 aromatic carbocycles. The first-order valence-corrected chi connectivity index (χ1v) is 14.8. The van der Waals surface area contributed by atoms with E-state index >= 15 is 4.39 Å². The van der Waals surface area contributed by atoms with E-state index < -0.39 is 58.7 Å². The van der Waals surface area contributed by atoms with E-state index in [2.05, 4.69) is 10.3 Å². The Labute approximate surface area is 247 Å².